The van der Waals surface area contributed by atoms with Crippen LogP contribution in [-0.4, -0.2) is 18.5 Å². The van der Waals surface area contributed by atoms with Crippen molar-refractivity contribution in [2.24, 2.45) is 5.73 Å². The average molecular weight is 234 g/mol. The Hall–Kier alpha value is -1.35. The molecule has 0 aliphatic rings. The quantitative estimate of drug-likeness (QED) is 0.869. The third kappa shape index (κ3) is 2.86. The van der Waals surface area contributed by atoms with Gasteiger partial charge in [0.2, 0.25) is 5.91 Å². The van der Waals surface area contributed by atoms with Crippen molar-refractivity contribution in [3.63, 3.8) is 0 Å². The van der Waals surface area contributed by atoms with Crippen molar-refractivity contribution in [3.05, 3.63) is 29.3 Å². The van der Waals surface area contributed by atoms with Gasteiger partial charge in [0.15, 0.2) is 0 Å². The maximum atomic E-state index is 12.2. The molecule has 3 nitrogen and oxygen atoms in total. The summed E-state index contributed by atoms with van der Waals surface area (Å²) in [5.74, 6) is 0.00685. The smallest absolute Gasteiger partial charge is 0.243 e. The van der Waals surface area contributed by atoms with Crippen molar-refractivity contribution in [2.75, 3.05) is 11.4 Å². The summed E-state index contributed by atoms with van der Waals surface area (Å²) in [5, 5.41) is 0. The van der Waals surface area contributed by atoms with Gasteiger partial charge in [-0.15, -0.1) is 0 Å². The normalized spacial score (nSPS) is 12.3. The number of nitrogens with two attached hydrogens (primary N) is 1. The van der Waals surface area contributed by atoms with Crippen LogP contribution >= 0.6 is 0 Å². The number of benzene rings is 1. The van der Waals surface area contributed by atoms with Crippen LogP contribution in [0.4, 0.5) is 5.69 Å². The molecule has 0 saturated heterocycles. The van der Waals surface area contributed by atoms with Crippen LogP contribution in [0.2, 0.25) is 0 Å². The Labute approximate surface area is 104 Å². The maximum Gasteiger partial charge on any atom is 0.243 e. The van der Waals surface area contributed by atoms with Gasteiger partial charge in [-0.2, -0.15) is 0 Å². The fraction of sp³-hybridized carbons (Fsp3) is 0.500. The number of nitrogens with zero attached hydrogens (tertiary/aromatic N) is 1. The van der Waals surface area contributed by atoms with Crippen LogP contribution in [0.15, 0.2) is 18.2 Å². The number of para-hydroxylation sites is 1. The lowest BCUT2D eigenvalue weighted by molar-refractivity contribution is -0.119. The number of rotatable bonds is 4. The fourth-order valence-electron chi connectivity index (χ4n) is 2.03. The second kappa shape index (κ2) is 5.82. The maximum absolute atomic E-state index is 12.2. The first-order chi connectivity index (χ1) is 8.02. The van der Waals surface area contributed by atoms with E-state index in [-0.39, 0.29) is 5.91 Å². The highest BCUT2D eigenvalue weighted by molar-refractivity contribution is 5.98. The summed E-state index contributed by atoms with van der Waals surface area (Å²) in [7, 11) is 0. The number of hydrogen-bond donors (Lipinski definition) is 1. The van der Waals surface area contributed by atoms with E-state index in [1.165, 1.54) is 0 Å². The van der Waals surface area contributed by atoms with Gasteiger partial charge in [-0.25, -0.2) is 0 Å². The summed E-state index contributed by atoms with van der Waals surface area (Å²) < 4.78 is 0. The Bertz CT molecular complexity index is 381. The topological polar surface area (TPSA) is 46.3 Å². The molecule has 17 heavy (non-hydrogen) atoms. The lowest BCUT2D eigenvalue weighted by Crippen LogP contribution is -2.44. The third-order valence-corrected chi connectivity index (χ3v) is 3.05. The largest absolute Gasteiger partial charge is 0.320 e. The standard InChI is InChI=1S/C14H22N2O/c1-5-12(15)14(17)16(6-2)13-10(3)8-7-9-11(13)4/h7-9,12H,5-6,15H2,1-4H3. The summed E-state index contributed by atoms with van der Waals surface area (Å²) in [6.07, 6.45) is 0.667. The molecule has 0 heterocycles. The highest BCUT2D eigenvalue weighted by Crippen LogP contribution is 2.25. The SMILES string of the molecule is CCC(N)C(=O)N(CC)c1c(C)cccc1C. The van der Waals surface area contributed by atoms with Crippen molar-refractivity contribution in [1.82, 2.24) is 0 Å². The van der Waals surface area contributed by atoms with Gasteiger partial charge in [0, 0.05) is 12.2 Å². The Morgan fingerprint density at radius 3 is 2.24 bits per heavy atom. The second-order valence-corrected chi connectivity index (χ2v) is 4.34. The molecular weight excluding hydrogens is 212 g/mol. The zero-order valence-electron chi connectivity index (χ0n) is 11.2. The second-order valence-electron chi connectivity index (χ2n) is 4.34. The molecule has 0 aliphatic heterocycles. The van der Waals surface area contributed by atoms with E-state index in [0.717, 1.165) is 16.8 Å². The van der Waals surface area contributed by atoms with Crippen LogP contribution in [0.3, 0.4) is 0 Å². The van der Waals surface area contributed by atoms with Crippen molar-refractivity contribution in [3.8, 4) is 0 Å². The molecule has 1 unspecified atom stereocenters. The van der Waals surface area contributed by atoms with Crippen LogP contribution in [-0.2, 0) is 4.79 Å². The number of likely N-dealkylation sites (N-methyl/N-ethyl adjacent to an activating group) is 1. The summed E-state index contributed by atoms with van der Waals surface area (Å²) in [5.41, 5.74) is 9.07. The zero-order chi connectivity index (χ0) is 13.0. The third-order valence-electron chi connectivity index (χ3n) is 3.05. The summed E-state index contributed by atoms with van der Waals surface area (Å²) in [6, 6.07) is 5.64. The molecular formula is C14H22N2O. The van der Waals surface area contributed by atoms with E-state index >= 15 is 0 Å². The fourth-order valence-corrected chi connectivity index (χ4v) is 2.03. The zero-order valence-corrected chi connectivity index (χ0v) is 11.2. The van der Waals surface area contributed by atoms with E-state index in [9.17, 15) is 4.79 Å². The number of amides is 1. The molecule has 0 radical (unpaired) electrons. The molecule has 0 aliphatic carbocycles. The van der Waals surface area contributed by atoms with Crippen LogP contribution in [0.5, 0.6) is 0 Å². The monoisotopic (exact) mass is 234 g/mol. The molecule has 0 saturated carbocycles. The predicted octanol–water partition coefficient (Wildman–Crippen LogP) is 2.39. The van der Waals surface area contributed by atoms with Gasteiger partial charge in [-0.05, 0) is 38.3 Å². The van der Waals surface area contributed by atoms with Crippen molar-refractivity contribution in [2.45, 2.75) is 40.2 Å². The molecule has 3 heteroatoms. The Morgan fingerprint density at radius 1 is 1.29 bits per heavy atom. The van der Waals surface area contributed by atoms with Gasteiger partial charge in [0.05, 0.1) is 6.04 Å². The van der Waals surface area contributed by atoms with E-state index in [1.807, 2.05) is 45.9 Å². The summed E-state index contributed by atoms with van der Waals surface area (Å²) in [4.78, 5) is 14.0. The minimum atomic E-state index is -0.408. The molecule has 1 aromatic carbocycles. The summed E-state index contributed by atoms with van der Waals surface area (Å²) in [6.45, 7) is 8.61. The molecule has 94 valence electrons. The van der Waals surface area contributed by atoms with Gasteiger partial charge >= 0.3 is 0 Å². The molecule has 0 fully saturated rings. The minimum absolute atomic E-state index is 0.00685. The van der Waals surface area contributed by atoms with Gasteiger partial charge < -0.3 is 10.6 Å². The number of carbonyl (C=O) groups is 1. The highest BCUT2D eigenvalue weighted by atomic mass is 16.2. The molecule has 1 atom stereocenters. The lowest BCUT2D eigenvalue weighted by atomic mass is 10.1. The Kier molecular flexibility index (Phi) is 4.70. The van der Waals surface area contributed by atoms with E-state index in [1.54, 1.807) is 4.90 Å². The van der Waals surface area contributed by atoms with Crippen molar-refractivity contribution >= 4 is 11.6 Å². The van der Waals surface area contributed by atoms with Crippen LogP contribution < -0.4 is 10.6 Å². The van der Waals surface area contributed by atoms with E-state index in [0.29, 0.717) is 13.0 Å². The molecule has 2 N–H and O–H groups in total. The van der Waals surface area contributed by atoms with Gasteiger partial charge in [-0.1, -0.05) is 25.1 Å². The molecule has 1 aromatic rings. The molecule has 0 aromatic heterocycles. The van der Waals surface area contributed by atoms with Gasteiger partial charge in [0.25, 0.3) is 0 Å². The van der Waals surface area contributed by atoms with E-state index in [2.05, 4.69) is 0 Å². The van der Waals surface area contributed by atoms with Gasteiger partial charge in [-0.3, -0.25) is 4.79 Å². The van der Waals surface area contributed by atoms with Crippen LogP contribution in [0.1, 0.15) is 31.4 Å². The van der Waals surface area contributed by atoms with Gasteiger partial charge in [0.1, 0.15) is 0 Å². The molecule has 1 amide bonds. The lowest BCUT2D eigenvalue weighted by Gasteiger charge is -2.27. The van der Waals surface area contributed by atoms with Crippen molar-refractivity contribution in [1.29, 1.82) is 0 Å². The van der Waals surface area contributed by atoms with Crippen molar-refractivity contribution < 1.29 is 4.79 Å². The van der Waals surface area contributed by atoms with E-state index in [4.69, 9.17) is 5.73 Å². The first-order valence-corrected chi connectivity index (χ1v) is 6.16. The predicted molar refractivity (Wildman–Crippen MR) is 72.2 cm³/mol. The summed E-state index contributed by atoms with van der Waals surface area (Å²) >= 11 is 0. The number of hydrogen-bond acceptors (Lipinski definition) is 2. The Morgan fingerprint density at radius 2 is 1.82 bits per heavy atom. The number of carbonyl (C=O) groups excluding carboxylic acids is 1. The van der Waals surface area contributed by atoms with Crippen LogP contribution in [0, 0.1) is 13.8 Å². The molecule has 0 spiro atoms. The first kappa shape index (κ1) is 13.7. The number of anilines is 1. The highest BCUT2D eigenvalue weighted by Gasteiger charge is 2.21. The Balaban J connectivity index is 3.14. The number of aryl methyl sites for hydroxylation is 2. The average Bonchev–Trinajstić information content (AvgIpc) is 2.32. The minimum Gasteiger partial charge on any atom is -0.320 e. The molecule has 0 bridgehead atoms. The van der Waals surface area contributed by atoms with Crippen LogP contribution in [0.25, 0.3) is 0 Å². The van der Waals surface area contributed by atoms with E-state index < -0.39 is 6.04 Å². The molecule has 1 rings (SSSR count). The first-order valence-electron chi connectivity index (χ1n) is 6.16.